The Morgan fingerprint density at radius 2 is 2.10 bits per heavy atom. The van der Waals surface area contributed by atoms with E-state index in [1.54, 1.807) is 23.5 Å². The molecule has 112 valence electrons. The number of nitrogens with two attached hydrogens (primary N) is 1. The number of nitrogen functional groups attached to an aromatic ring is 1. The van der Waals surface area contributed by atoms with Gasteiger partial charge in [-0.25, -0.2) is 4.79 Å². The molecule has 0 amide bonds. The zero-order chi connectivity index (χ0) is 15.4. The van der Waals surface area contributed by atoms with Crippen LogP contribution < -0.4 is 11.1 Å². The van der Waals surface area contributed by atoms with E-state index < -0.39 is 5.97 Å². The normalized spacial score (nSPS) is 12.2. The number of esters is 1. The monoisotopic (exact) mass is 304 g/mol. The number of carbonyl (C=O) groups excluding carboxylic acids is 1. The van der Waals surface area contributed by atoms with E-state index in [0.717, 1.165) is 5.69 Å². The maximum Gasteiger partial charge on any atom is 0.340 e. The van der Waals surface area contributed by atoms with Crippen LogP contribution in [0.5, 0.6) is 0 Å². The predicted molar refractivity (Wildman–Crippen MR) is 87.7 cm³/mol. The van der Waals surface area contributed by atoms with Crippen LogP contribution in [0.1, 0.15) is 35.1 Å². The zero-order valence-corrected chi connectivity index (χ0v) is 13.2. The van der Waals surface area contributed by atoms with Gasteiger partial charge in [-0.05, 0) is 35.6 Å². The third kappa shape index (κ3) is 3.55. The fraction of sp³-hybridized carbons (Fsp3) is 0.312. The Hall–Kier alpha value is -2.01. The van der Waals surface area contributed by atoms with Crippen molar-refractivity contribution < 1.29 is 9.53 Å². The van der Waals surface area contributed by atoms with Crippen molar-refractivity contribution in [2.45, 2.75) is 19.9 Å². The molecule has 0 bridgehead atoms. The molecule has 0 fully saturated rings. The van der Waals surface area contributed by atoms with E-state index in [1.807, 2.05) is 12.1 Å². The Kier molecular flexibility index (Phi) is 4.85. The highest BCUT2D eigenvalue weighted by Gasteiger charge is 2.18. The second kappa shape index (κ2) is 6.63. The number of hydrogen-bond donors (Lipinski definition) is 2. The van der Waals surface area contributed by atoms with E-state index >= 15 is 0 Å². The number of anilines is 2. The van der Waals surface area contributed by atoms with E-state index in [1.165, 1.54) is 12.0 Å². The third-order valence-corrected chi connectivity index (χ3v) is 4.25. The van der Waals surface area contributed by atoms with E-state index in [2.05, 4.69) is 30.6 Å². The van der Waals surface area contributed by atoms with Crippen molar-refractivity contribution >= 4 is 28.7 Å². The van der Waals surface area contributed by atoms with Gasteiger partial charge in [0, 0.05) is 16.3 Å². The summed E-state index contributed by atoms with van der Waals surface area (Å²) in [6.45, 7) is 4.33. The first-order valence-electron chi connectivity index (χ1n) is 6.80. The van der Waals surface area contributed by atoms with E-state index in [9.17, 15) is 4.79 Å². The van der Waals surface area contributed by atoms with Gasteiger partial charge in [0.1, 0.15) is 0 Å². The van der Waals surface area contributed by atoms with Crippen LogP contribution in [-0.4, -0.2) is 13.1 Å². The summed E-state index contributed by atoms with van der Waals surface area (Å²) < 4.78 is 4.75. The lowest BCUT2D eigenvalue weighted by atomic mass is 10.0. The molecule has 3 N–H and O–H groups in total. The topological polar surface area (TPSA) is 64.3 Å². The summed E-state index contributed by atoms with van der Waals surface area (Å²) in [5.41, 5.74) is 7.49. The molecule has 1 unspecified atom stereocenters. The summed E-state index contributed by atoms with van der Waals surface area (Å²) in [6.07, 6.45) is 0. The van der Waals surface area contributed by atoms with Gasteiger partial charge >= 0.3 is 5.97 Å². The molecule has 2 aromatic rings. The molecule has 0 spiro atoms. The van der Waals surface area contributed by atoms with E-state index in [0.29, 0.717) is 17.2 Å². The van der Waals surface area contributed by atoms with Crippen LogP contribution in [0.4, 0.5) is 11.4 Å². The maximum absolute atomic E-state index is 11.7. The Morgan fingerprint density at radius 1 is 1.33 bits per heavy atom. The molecule has 0 aliphatic heterocycles. The zero-order valence-electron chi connectivity index (χ0n) is 12.4. The van der Waals surface area contributed by atoms with Crippen LogP contribution >= 0.6 is 11.3 Å². The number of benzene rings is 1. The molecule has 0 aliphatic carbocycles. The number of nitrogens with one attached hydrogen (secondary N) is 1. The van der Waals surface area contributed by atoms with Gasteiger partial charge in [0.05, 0.1) is 18.7 Å². The largest absolute Gasteiger partial charge is 0.465 e. The van der Waals surface area contributed by atoms with E-state index in [-0.39, 0.29) is 6.04 Å². The standard InChI is InChI=1S/C16H20N2O2S/c1-10(2)15(14-5-4-8-21-14)18-11-6-7-13(17)12(9-11)16(19)20-3/h4-10,15,18H,17H2,1-3H3. The molecule has 1 atom stereocenters. The number of carbonyl (C=O) groups is 1. The van der Waals surface area contributed by atoms with Gasteiger partial charge in [0.15, 0.2) is 0 Å². The Labute approximate surface area is 128 Å². The molecular formula is C16H20N2O2S. The van der Waals surface area contributed by atoms with Crippen LogP contribution in [0, 0.1) is 5.92 Å². The first kappa shape index (κ1) is 15.4. The minimum atomic E-state index is -0.423. The van der Waals surface area contributed by atoms with Crippen molar-refractivity contribution in [1.82, 2.24) is 0 Å². The van der Waals surface area contributed by atoms with Gasteiger partial charge in [-0.1, -0.05) is 19.9 Å². The quantitative estimate of drug-likeness (QED) is 0.649. The minimum Gasteiger partial charge on any atom is -0.465 e. The summed E-state index contributed by atoms with van der Waals surface area (Å²) in [6, 6.07) is 9.69. The molecule has 2 rings (SSSR count). The number of rotatable bonds is 5. The van der Waals surface area contributed by atoms with Crippen molar-refractivity contribution in [3.8, 4) is 0 Å². The summed E-state index contributed by atoms with van der Waals surface area (Å²) in [7, 11) is 1.35. The fourth-order valence-electron chi connectivity index (χ4n) is 2.15. The summed E-state index contributed by atoms with van der Waals surface area (Å²) in [5, 5.41) is 5.54. The van der Waals surface area contributed by atoms with Crippen LogP contribution in [-0.2, 0) is 4.74 Å². The lowest BCUT2D eigenvalue weighted by molar-refractivity contribution is 0.0602. The fourth-order valence-corrected chi connectivity index (χ4v) is 3.10. The van der Waals surface area contributed by atoms with Crippen LogP contribution in [0.3, 0.4) is 0 Å². The molecule has 1 aromatic carbocycles. The Balaban J connectivity index is 2.27. The molecule has 5 heteroatoms. The van der Waals surface area contributed by atoms with Crippen molar-refractivity contribution in [2.75, 3.05) is 18.2 Å². The molecule has 0 radical (unpaired) electrons. The van der Waals surface area contributed by atoms with Gasteiger partial charge in [0.2, 0.25) is 0 Å². The second-order valence-electron chi connectivity index (χ2n) is 5.18. The number of hydrogen-bond acceptors (Lipinski definition) is 5. The maximum atomic E-state index is 11.7. The van der Waals surface area contributed by atoms with Gasteiger partial charge < -0.3 is 15.8 Å². The summed E-state index contributed by atoms with van der Waals surface area (Å²) in [5.74, 6) is -0.00356. The van der Waals surface area contributed by atoms with Crippen LogP contribution in [0.15, 0.2) is 35.7 Å². The van der Waals surface area contributed by atoms with Gasteiger partial charge in [-0.15, -0.1) is 11.3 Å². The molecular weight excluding hydrogens is 284 g/mol. The first-order valence-corrected chi connectivity index (χ1v) is 7.68. The highest BCUT2D eigenvalue weighted by Crippen LogP contribution is 2.30. The number of methoxy groups -OCH3 is 1. The number of ether oxygens (including phenoxy) is 1. The average Bonchev–Trinajstić information content (AvgIpc) is 2.99. The Bertz CT molecular complexity index is 609. The van der Waals surface area contributed by atoms with Crippen molar-refractivity contribution in [1.29, 1.82) is 0 Å². The predicted octanol–water partition coefficient (Wildman–Crippen LogP) is 3.93. The highest BCUT2D eigenvalue weighted by molar-refractivity contribution is 7.10. The summed E-state index contributed by atoms with van der Waals surface area (Å²) >= 11 is 1.72. The molecule has 1 heterocycles. The van der Waals surface area contributed by atoms with Gasteiger partial charge in [-0.2, -0.15) is 0 Å². The van der Waals surface area contributed by atoms with Crippen molar-refractivity contribution in [3.63, 3.8) is 0 Å². The van der Waals surface area contributed by atoms with Crippen LogP contribution in [0.2, 0.25) is 0 Å². The first-order chi connectivity index (χ1) is 10.0. The molecule has 21 heavy (non-hydrogen) atoms. The minimum absolute atomic E-state index is 0.194. The molecule has 0 saturated carbocycles. The van der Waals surface area contributed by atoms with Gasteiger partial charge in [0.25, 0.3) is 0 Å². The number of thiophene rings is 1. The van der Waals surface area contributed by atoms with Gasteiger partial charge in [-0.3, -0.25) is 0 Å². The Morgan fingerprint density at radius 3 is 2.67 bits per heavy atom. The lowest BCUT2D eigenvalue weighted by Crippen LogP contribution is -2.16. The SMILES string of the molecule is COC(=O)c1cc(NC(c2cccs2)C(C)C)ccc1N. The molecule has 0 aliphatic rings. The third-order valence-electron chi connectivity index (χ3n) is 3.30. The highest BCUT2D eigenvalue weighted by atomic mass is 32.1. The summed E-state index contributed by atoms with van der Waals surface area (Å²) in [4.78, 5) is 13.0. The van der Waals surface area contributed by atoms with E-state index in [4.69, 9.17) is 10.5 Å². The lowest BCUT2D eigenvalue weighted by Gasteiger charge is -2.23. The molecule has 4 nitrogen and oxygen atoms in total. The smallest absolute Gasteiger partial charge is 0.340 e. The van der Waals surface area contributed by atoms with Crippen LogP contribution in [0.25, 0.3) is 0 Å². The second-order valence-corrected chi connectivity index (χ2v) is 6.15. The average molecular weight is 304 g/mol. The molecule has 0 saturated heterocycles. The van der Waals surface area contributed by atoms with Crippen molar-refractivity contribution in [3.05, 3.63) is 46.2 Å². The van der Waals surface area contributed by atoms with Crippen molar-refractivity contribution in [2.24, 2.45) is 5.92 Å². The molecule has 1 aromatic heterocycles.